The normalized spacial score (nSPS) is 11.2. The van der Waals surface area contributed by atoms with E-state index < -0.39 is 0 Å². The van der Waals surface area contributed by atoms with Crippen LogP contribution in [0.5, 0.6) is 0 Å². The molecular formula is C115H75N9. The molecule has 22 rings (SSSR count). The van der Waals surface area contributed by atoms with Crippen LogP contribution in [0, 0.1) is 0 Å². The lowest BCUT2D eigenvalue weighted by Gasteiger charge is -2.14. The highest BCUT2D eigenvalue weighted by Crippen LogP contribution is 2.42. The molecule has 9 heteroatoms. The van der Waals surface area contributed by atoms with Crippen molar-refractivity contribution in [1.82, 2.24) is 44.9 Å². The molecule has 6 heterocycles. The zero-order chi connectivity index (χ0) is 82.5. The molecule has 0 atom stereocenters. The van der Waals surface area contributed by atoms with Crippen molar-refractivity contribution in [2.45, 2.75) is 0 Å². The van der Waals surface area contributed by atoms with Crippen molar-refractivity contribution in [2.75, 3.05) is 0 Å². The number of hydrogen-bond donors (Lipinski definition) is 0. The summed E-state index contributed by atoms with van der Waals surface area (Å²) < 4.78 is 0. The zero-order valence-electron chi connectivity index (χ0n) is 67.3. The van der Waals surface area contributed by atoms with E-state index in [2.05, 4.69) is 370 Å². The SMILES string of the molecule is c1ccc(-c2ccc(-c3cc(-c4ccccc4)nc(-c4cccc(-c5cccc(-c6cc(-c7ccccc7)nc7c6ccc6ccc(-c8ccccc8)nc67)c5)c4)n3)cc2)cc1.c1ccc(-c2ccc(-c3nc(-c4ccccc4)nc(-c4cccc(-c5cccc(-c6cc(-c7ccccc7)nc7c6ccc6ccc(-c8ccccc8)nc67)c5)c4)n3)cc2)cc1. The number of hydrogen-bond acceptors (Lipinski definition) is 9. The minimum atomic E-state index is 0.612. The molecule has 0 fully saturated rings. The molecule has 0 bridgehead atoms. The number of fused-ring (bicyclic) bond motifs is 6. The quantitative estimate of drug-likeness (QED) is 0.0872. The van der Waals surface area contributed by atoms with Crippen LogP contribution in [0.2, 0.25) is 0 Å². The maximum atomic E-state index is 5.32. The average Bonchev–Trinajstić information content (AvgIpc) is 0.751. The van der Waals surface area contributed by atoms with E-state index in [0.29, 0.717) is 23.3 Å². The average molecular weight is 1580 g/mol. The van der Waals surface area contributed by atoms with Gasteiger partial charge in [-0.2, -0.15) is 0 Å². The first kappa shape index (κ1) is 74.8. The third-order valence-electron chi connectivity index (χ3n) is 22.8. The van der Waals surface area contributed by atoms with Crippen molar-refractivity contribution in [1.29, 1.82) is 0 Å². The van der Waals surface area contributed by atoms with Gasteiger partial charge in [-0.05, 0) is 121 Å². The van der Waals surface area contributed by atoms with Gasteiger partial charge in [0.25, 0.3) is 0 Å². The Labute approximate surface area is 718 Å². The van der Waals surface area contributed by atoms with E-state index >= 15 is 0 Å². The van der Waals surface area contributed by atoms with Crippen molar-refractivity contribution >= 4 is 43.6 Å². The summed E-state index contributed by atoms with van der Waals surface area (Å²) in [5, 5.41) is 4.20. The number of nitrogens with zero attached hydrogens (tertiary/aromatic N) is 9. The smallest absolute Gasteiger partial charge is 0.164 e. The van der Waals surface area contributed by atoms with E-state index in [9.17, 15) is 0 Å². The van der Waals surface area contributed by atoms with E-state index in [-0.39, 0.29) is 0 Å². The Morgan fingerprint density at radius 1 is 0.113 bits per heavy atom. The molecule has 0 aliphatic rings. The highest BCUT2D eigenvalue weighted by molar-refractivity contribution is 6.11. The van der Waals surface area contributed by atoms with Crippen LogP contribution < -0.4 is 0 Å². The summed E-state index contributed by atoms with van der Waals surface area (Å²) in [6.45, 7) is 0. The van der Waals surface area contributed by atoms with Gasteiger partial charge in [0.1, 0.15) is 0 Å². The van der Waals surface area contributed by atoms with Crippen LogP contribution in [0.4, 0.5) is 0 Å². The first-order valence-corrected chi connectivity index (χ1v) is 41.6. The third kappa shape index (κ3) is 15.5. The van der Waals surface area contributed by atoms with E-state index in [1.54, 1.807) is 0 Å². The molecule has 6 aromatic heterocycles. The molecule has 0 spiro atoms. The van der Waals surface area contributed by atoms with Crippen LogP contribution in [0.25, 0.3) is 223 Å². The molecular weight excluding hydrogens is 1510 g/mol. The molecule has 0 radical (unpaired) electrons. The first-order chi connectivity index (χ1) is 61.4. The van der Waals surface area contributed by atoms with E-state index in [1.165, 1.54) is 11.1 Å². The predicted molar refractivity (Wildman–Crippen MR) is 510 cm³/mol. The van der Waals surface area contributed by atoms with E-state index in [0.717, 1.165) is 189 Å². The fourth-order valence-corrected chi connectivity index (χ4v) is 16.4. The van der Waals surface area contributed by atoms with Gasteiger partial charge in [-0.3, -0.25) is 0 Å². The molecule has 0 aliphatic carbocycles. The minimum Gasteiger partial charge on any atom is -0.245 e. The lowest BCUT2D eigenvalue weighted by molar-refractivity contribution is 1.07. The Hall–Kier alpha value is -16.8. The van der Waals surface area contributed by atoms with Crippen LogP contribution in [0.15, 0.2) is 455 Å². The Morgan fingerprint density at radius 3 is 0.702 bits per heavy atom. The molecule has 0 N–H and O–H groups in total. The molecule has 16 aromatic carbocycles. The second-order valence-electron chi connectivity index (χ2n) is 30.7. The Bertz CT molecular complexity index is 7200. The molecule has 9 nitrogen and oxygen atoms in total. The predicted octanol–water partition coefficient (Wildman–Crippen LogP) is 29.2. The molecule has 124 heavy (non-hydrogen) atoms. The summed E-state index contributed by atoms with van der Waals surface area (Å²) in [6.07, 6.45) is 0. The highest BCUT2D eigenvalue weighted by Gasteiger charge is 2.21. The fraction of sp³-hybridized carbons (Fsp3) is 0. The first-order valence-electron chi connectivity index (χ1n) is 41.6. The van der Waals surface area contributed by atoms with E-state index in [4.69, 9.17) is 44.9 Å². The van der Waals surface area contributed by atoms with Crippen molar-refractivity contribution in [3.8, 4) is 180 Å². The number of pyridine rings is 4. The maximum absolute atomic E-state index is 5.32. The monoisotopic (exact) mass is 1580 g/mol. The van der Waals surface area contributed by atoms with Gasteiger partial charge in [0.2, 0.25) is 0 Å². The summed E-state index contributed by atoms with van der Waals surface area (Å²) in [5.41, 5.74) is 32.3. The van der Waals surface area contributed by atoms with Gasteiger partial charge in [0.05, 0.1) is 56.2 Å². The van der Waals surface area contributed by atoms with Crippen LogP contribution >= 0.6 is 0 Å². The molecule has 0 saturated heterocycles. The Balaban J connectivity index is 0.000000152. The fourth-order valence-electron chi connectivity index (χ4n) is 16.4. The molecule has 22 aromatic rings. The summed E-state index contributed by atoms with van der Waals surface area (Å²) in [6, 6.07) is 158. The maximum Gasteiger partial charge on any atom is 0.164 e. The van der Waals surface area contributed by atoms with Crippen LogP contribution in [0.3, 0.4) is 0 Å². The Kier molecular flexibility index (Phi) is 20.2. The minimum absolute atomic E-state index is 0.612. The summed E-state index contributed by atoms with van der Waals surface area (Å²) in [5.74, 6) is 2.54. The van der Waals surface area contributed by atoms with Gasteiger partial charge in [-0.15, -0.1) is 0 Å². The highest BCUT2D eigenvalue weighted by atomic mass is 15.0. The third-order valence-corrected chi connectivity index (χ3v) is 22.8. The molecule has 0 aliphatic heterocycles. The van der Waals surface area contributed by atoms with Crippen molar-refractivity contribution in [3.63, 3.8) is 0 Å². The van der Waals surface area contributed by atoms with Gasteiger partial charge in [0.15, 0.2) is 23.3 Å². The lowest BCUT2D eigenvalue weighted by Crippen LogP contribution is -2.00. The van der Waals surface area contributed by atoms with Crippen LogP contribution in [-0.4, -0.2) is 44.9 Å². The molecule has 580 valence electrons. The van der Waals surface area contributed by atoms with Gasteiger partial charge in [-0.1, -0.05) is 400 Å². The largest absolute Gasteiger partial charge is 0.245 e. The number of benzene rings is 16. The van der Waals surface area contributed by atoms with E-state index in [1.807, 2.05) is 84.9 Å². The molecule has 0 amide bonds. The summed E-state index contributed by atoms with van der Waals surface area (Å²) >= 11 is 0. The van der Waals surface area contributed by atoms with Crippen LogP contribution in [0.1, 0.15) is 0 Å². The summed E-state index contributed by atoms with van der Waals surface area (Å²) in [7, 11) is 0. The zero-order valence-corrected chi connectivity index (χ0v) is 67.3. The summed E-state index contributed by atoms with van der Waals surface area (Å²) in [4.78, 5) is 46.6. The lowest BCUT2D eigenvalue weighted by atomic mass is 9.94. The second kappa shape index (κ2) is 33.6. The topological polar surface area (TPSA) is 116 Å². The molecule has 0 saturated carbocycles. The van der Waals surface area contributed by atoms with Gasteiger partial charge < -0.3 is 0 Å². The van der Waals surface area contributed by atoms with Gasteiger partial charge >= 0.3 is 0 Å². The second-order valence-corrected chi connectivity index (χ2v) is 30.7. The Morgan fingerprint density at radius 2 is 0.339 bits per heavy atom. The standard InChI is InChI=1S/C58H38N4.C57H37N5/c1-5-15-39(16-6-1)40-27-29-44(30-28-40)55-38-54(43-21-11-4-12-22-43)61-58(62-55)49-26-14-24-47(36-49)46-23-13-25-48(35-46)51-37-53(42-19-9-3-10-20-42)60-57-50(51)33-31-45-32-34-52(59-56(45)57)41-17-7-2-8-18-41;1-5-15-38(16-6-1)39-27-29-44(30-28-39)56-60-55(43-21-11-4-12-22-43)61-57(62-56)48-26-14-24-46(36-48)45-23-13-25-47(35-45)50-37-52(41-19-9-3-10-20-41)59-54-49(50)33-31-42-32-34-51(58-53(42)54)40-17-7-2-8-18-40/h1-38H;1-37H. The number of rotatable bonds is 16. The van der Waals surface area contributed by atoms with Crippen molar-refractivity contribution in [3.05, 3.63) is 455 Å². The molecule has 0 unspecified atom stereocenters. The number of aromatic nitrogens is 9. The van der Waals surface area contributed by atoms with Crippen molar-refractivity contribution in [2.24, 2.45) is 0 Å². The van der Waals surface area contributed by atoms with Crippen molar-refractivity contribution < 1.29 is 0 Å². The van der Waals surface area contributed by atoms with Gasteiger partial charge in [-0.25, -0.2) is 44.9 Å². The van der Waals surface area contributed by atoms with Gasteiger partial charge in [0, 0.05) is 77.2 Å². The van der Waals surface area contributed by atoms with Crippen LogP contribution in [-0.2, 0) is 0 Å².